The van der Waals surface area contributed by atoms with Gasteiger partial charge in [-0.05, 0) is 61.6 Å². The molecule has 0 atom stereocenters. The van der Waals surface area contributed by atoms with Crippen LogP contribution >= 0.6 is 12.4 Å². The second-order valence-electron chi connectivity index (χ2n) is 7.28. The zero-order chi connectivity index (χ0) is 20.1. The van der Waals surface area contributed by atoms with E-state index in [4.69, 9.17) is 5.73 Å². The third kappa shape index (κ3) is 4.91. The normalized spacial score (nSPS) is 12.7. The first kappa shape index (κ1) is 22.8. The Labute approximate surface area is 179 Å². The standard InChI is InChI=1S/C23H29N3O2.ClH/c1-3-13-25(14-4-2)22(27)17-8-5-9-18(16-17)23(28)26-15-7-10-19-20(24)11-6-12-21(19)26;/h5-6,8-9,11-12,16H,3-4,7,10,13-15,24H2,1-2H3;1H. The highest BCUT2D eigenvalue weighted by atomic mass is 35.5. The Morgan fingerprint density at radius 1 is 1.03 bits per heavy atom. The fourth-order valence-corrected chi connectivity index (χ4v) is 3.84. The number of nitrogens with zero attached hydrogens (tertiary/aromatic N) is 2. The van der Waals surface area contributed by atoms with E-state index in [-0.39, 0.29) is 24.2 Å². The van der Waals surface area contributed by atoms with Crippen molar-refractivity contribution in [1.82, 2.24) is 4.90 Å². The van der Waals surface area contributed by atoms with Gasteiger partial charge in [0.1, 0.15) is 0 Å². The molecular weight excluding hydrogens is 386 g/mol. The molecule has 2 N–H and O–H groups in total. The molecule has 0 aliphatic carbocycles. The maximum Gasteiger partial charge on any atom is 0.258 e. The number of rotatable bonds is 6. The van der Waals surface area contributed by atoms with Crippen LogP contribution in [0.5, 0.6) is 0 Å². The molecule has 2 aromatic rings. The summed E-state index contributed by atoms with van der Waals surface area (Å²) in [7, 11) is 0. The molecule has 0 saturated carbocycles. The Morgan fingerprint density at radius 2 is 1.69 bits per heavy atom. The number of nitrogen functional groups attached to an aromatic ring is 1. The molecule has 3 rings (SSSR count). The number of hydrogen-bond donors (Lipinski definition) is 1. The van der Waals surface area contributed by atoms with Gasteiger partial charge in [-0.3, -0.25) is 9.59 Å². The highest BCUT2D eigenvalue weighted by Gasteiger charge is 2.25. The first-order chi connectivity index (χ1) is 13.6. The quantitative estimate of drug-likeness (QED) is 0.704. The molecule has 0 fully saturated rings. The first-order valence-electron chi connectivity index (χ1n) is 10.1. The van der Waals surface area contributed by atoms with E-state index in [9.17, 15) is 9.59 Å². The van der Waals surface area contributed by atoms with Gasteiger partial charge in [0.2, 0.25) is 0 Å². The SMILES string of the molecule is CCCN(CCC)C(=O)c1cccc(C(=O)N2CCCc3c(N)cccc32)c1.Cl. The summed E-state index contributed by atoms with van der Waals surface area (Å²) in [6.07, 6.45) is 3.59. The molecule has 2 aromatic carbocycles. The van der Waals surface area contributed by atoms with Gasteiger partial charge in [0, 0.05) is 42.1 Å². The Balaban J connectivity index is 0.00000300. The average molecular weight is 416 g/mol. The minimum atomic E-state index is -0.0845. The van der Waals surface area contributed by atoms with Crippen molar-refractivity contribution in [3.63, 3.8) is 0 Å². The number of carbonyl (C=O) groups excluding carboxylic acids is 2. The van der Waals surface area contributed by atoms with Crippen LogP contribution in [0.15, 0.2) is 42.5 Å². The van der Waals surface area contributed by atoms with E-state index in [0.717, 1.165) is 55.7 Å². The lowest BCUT2D eigenvalue weighted by atomic mass is 9.98. The molecule has 0 saturated heterocycles. The van der Waals surface area contributed by atoms with E-state index in [2.05, 4.69) is 13.8 Å². The number of benzene rings is 2. The Kier molecular flexibility index (Phi) is 8.09. The van der Waals surface area contributed by atoms with Gasteiger partial charge in [-0.25, -0.2) is 0 Å². The molecule has 1 aliphatic heterocycles. The summed E-state index contributed by atoms with van der Waals surface area (Å²) in [6.45, 7) is 6.24. The largest absolute Gasteiger partial charge is 0.398 e. The van der Waals surface area contributed by atoms with Crippen molar-refractivity contribution in [2.24, 2.45) is 0 Å². The van der Waals surface area contributed by atoms with E-state index in [1.165, 1.54) is 0 Å². The summed E-state index contributed by atoms with van der Waals surface area (Å²) in [5.41, 5.74) is 9.86. The van der Waals surface area contributed by atoms with Gasteiger partial charge in [0.15, 0.2) is 0 Å². The number of amides is 2. The van der Waals surface area contributed by atoms with E-state index in [0.29, 0.717) is 17.7 Å². The molecule has 29 heavy (non-hydrogen) atoms. The summed E-state index contributed by atoms with van der Waals surface area (Å²) in [5, 5.41) is 0. The molecule has 6 heteroatoms. The zero-order valence-corrected chi connectivity index (χ0v) is 18.0. The van der Waals surface area contributed by atoms with Crippen molar-refractivity contribution in [3.8, 4) is 0 Å². The van der Waals surface area contributed by atoms with E-state index in [1.54, 1.807) is 29.2 Å². The maximum atomic E-state index is 13.2. The van der Waals surface area contributed by atoms with Crippen molar-refractivity contribution in [2.45, 2.75) is 39.5 Å². The molecular formula is C23H30ClN3O2. The van der Waals surface area contributed by atoms with Gasteiger partial charge in [0.05, 0.1) is 0 Å². The predicted octanol–water partition coefficient (Wildman–Crippen LogP) is 4.55. The lowest BCUT2D eigenvalue weighted by molar-refractivity contribution is 0.0755. The molecule has 5 nitrogen and oxygen atoms in total. The molecule has 0 radical (unpaired) electrons. The number of anilines is 2. The lowest BCUT2D eigenvalue weighted by Gasteiger charge is -2.30. The van der Waals surface area contributed by atoms with Gasteiger partial charge in [-0.15, -0.1) is 12.4 Å². The van der Waals surface area contributed by atoms with Crippen LogP contribution in [0.25, 0.3) is 0 Å². The Bertz CT molecular complexity index is 863. The second kappa shape index (κ2) is 10.3. The number of nitrogens with two attached hydrogens (primary N) is 1. The van der Waals surface area contributed by atoms with E-state index < -0.39 is 0 Å². The number of carbonyl (C=O) groups is 2. The lowest BCUT2D eigenvalue weighted by Crippen LogP contribution is -2.36. The first-order valence-corrected chi connectivity index (χ1v) is 10.1. The van der Waals surface area contributed by atoms with Gasteiger partial charge in [0.25, 0.3) is 11.8 Å². The van der Waals surface area contributed by atoms with Gasteiger partial charge < -0.3 is 15.5 Å². The summed E-state index contributed by atoms with van der Waals surface area (Å²) < 4.78 is 0. The number of hydrogen-bond acceptors (Lipinski definition) is 3. The summed E-state index contributed by atoms with van der Waals surface area (Å²) in [4.78, 5) is 29.8. The van der Waals surface area contributed by atoms with Crippen LogP contribution in [0, 0.1) is 0 Å². The van der Waals surface area contributed by atoms with Crippen LogP contribution in [0.2, 0.25) is 0 Å². The number of halogens is 1. The van der Waals surface area contributed by atoms with Crippen LogP contribution in [0.4, 0.5) is 11.4 Å². The molecule has 2 amide bonds. The summed E-state index contributed by atoms with van der Waals surface area (Å²) in [6, 6.07) is 12.8. The van der Waals surface area contributed by atoms with Crippen LogP contribution < -0.4 is 10.6 Å². The second-order valence-corrected chi connectivity index (χ2v) is 7.28. The van der Waals surface area contributed by atoms with Crippen molar-refractivity contribution in [3.05, 3.63) is 59.2 Å². The molecule has 1 heterocycles. The van der Waals surface area contributed by atoms with Gasteiger partial charge in [-0.2, -0.15) is 0 Å². The average Bonchev–Trinajstić information content (AvgIpc) is 2.72. The molecule has 0 bridgehead atoms. The molecule has 0 unspecified atom stereocenters. The monoisotopic (exact) mass is 415 g/mol. The van der Waals surface area contributed by atoms with Gasteiger partial charge >= 0.3 is 0 Å². The minimum Gasteiger partial charge on any atom is -0.398 e. The summed E-state index contributed by atoms with van der Waals surface area (Å²) >= 11 is 0. The minimum absolute atomic E-state index is 0. The highest BCUT2D eigenvalue weighted by molar-refractivity contribution is 6.08. The van der Waals surface area contributed by atoms with Crippen molar-refractivity contribution >= 4 is 35.6 Å². The van der Waals surface area contributed by atoms with Crippen LogP contribution in [0.3, 0.4) is 0 Å². The van der Waals surface area contributed by atoms with Gasteiger partial charge in [-0.1, -0.05) is 26.0 Å². The van der Waals surface area contributed by atoms with Crippen LogP contribution in [0.1, 0.15) is 59.4 Å². The van der Waals surface area contributed by atoms with Crippen LogP contribution in [-0.4, -0.2) is 36.3 Å². The number of fused-ring (bicyclic) bond motifs is 1. The van der Waals surface area contributed by atoms with E-state index in [1.807, 2.05) is 23.1 Å². The van der Waals surface area contributed by atoms with Crippen LogP contribution in [-0.2, 0) is 6.42 Å². The zero-order valence-electron chi connectivity index (χ0n) is 17.2. The molecule has 156 valence electrons. The molecule has 1 aliphatic rings. The third-order valence-electron chi connectivity index (χ3n) is 5.16. The maximum absolute atomic E-state index is 13.2. The van der Waals surface area contributed by atoms with Crippen molar-refractivity contribution in [2.75, 3.05) is 30.3 Å². The van der Waals surface area contributed by atoms with Crippen molar-refractivity contribution < 1.29 is 9.59 Å². The Hall–Kier alpha value is -2.53. The topological polar surface area (TPSA) is 66.6 Å². The molecule has 0 aromatic heterocycles. The fraction of sp³-hybridized carbons (Fsp3) is 0.391. The smallest absolute Gasteiger partial charge is 0.258 e. The molecule has 0 spiro atoms. The summed E-state index contributed by atoms with van der Waals surface area (Å²) in [5.74, 6) is -0.0969. The van der Waals surface area contributed by atoms with Crippen molar-refractivity contribution in [1.29, 1.82) is 0 Å². The third-order valence-corrected chi connectivity index (χ3v) is 5.16. The Morgan fingerprint density at radius 3 is 2.38 bits per heavy atom. The van der Waals surface area contributed by atoms with E-state index >= 15 is 0 Å². The highest BCUT2D eigenvalue weighted by Crippen LogP contribution is 2.32. The predicted molar refractivity (Wildman–Crippen MR) is 121 cm³/mol. The fourth-order valence-electron chi connectivity index (χ4n) is 3.84.